The molecular formula is C7H6BN3O. The quantitative estimate of drug-likeness (QED) is 0.408. The predicted octanol–water partition coefficient (Wildman–Crippen LogP) is -2.08. The van der Waals surface area contributed by atoms with Crippen LogP contribution in [0.5, 0.6) is 0 Å². The molecule has 1 aromatic rings. The number of hydrogen-bond donors (Lipinski definition) is 0. The second kappa shape index (κ2) is 2.58. The summed E-state index contributed by atoms with van der Waals surface area (Å²) in [6.07, 6.45) is 5.52. The van der Waals surface area contributed by atoms with Crippen LogP contribution in [0.15, 0.2) is 4.79 Å². The molecule has 2 rings (SSSR count). The summed E-state index contributed by atoms with van der Waals surface area (Å²) in [5.74, 6) is 0. The van der Waals surface area contributed by atoms with Gasteiger partial charge in [0.2, 0.25) is 0 Å². The van der Waals surface area contributed by atoms with Crippen LogP contribution in [0.25, 0.3) is 12.2 Å². The van der Waals surface area contributed by atoms with Gasteiger partial charge >= 0.3 is 0 Å². The minimum absolute atomic E-state index is 0.282. The van der Waals surface area contributed by atoms with E-state index in [1.54, 1.807) is 0 Å². The summed E-state index contributed by atoms with van der Waals surface area (Å²) in [4.78, 5) is 11.3. The molecule has 0 unspecified atom stereocenters. The lowest BCUT2D eigenvalue weighted by atomic mass is 10.1. The maximum absolute atomic E-state index is 11.3. The van der Waals surface area contributed by atoms with Gasteiger partial charge in [0.05, 0.1) is 10.6 Å². The summed E-state index contributed by atoms with van der Waals surface area (Å²) in [6.45, 7) is 0. The summed E-state index contributed by atoms with van der Waals surface area (Å²) in [6, 6.07) is 0. The Balaban J connectivity index is 2.99. The minimum Gasteiger partial charge on any atom is -0.273 e. The summed E-state index contributed by atoms with van der Waals surface area (Å²) in [7, 11) is 5.24. The van der Waals surface area contributed by atoms with Gasteiger partial charge in [-0.25, -0.2) is 0 Å². The first-order valence-electron chi connectivity index (χ1n) is 3.70. The van der Waals surface area contributed by atoms with Gasteiger partial charge in [0.25, 0.3) is 13.5 Å². The Morgan fingerprint density at radius 2 is 2.17 bits per heavy atom. The average molecular weight is 159 g/mol. The van der Waals surface area contributed by atoms with Crippen molar-refractivity contribution < 1.29 is 0 Å². The number of aromatic nitrogens is 3. The number of hydrogen-bond acceptors (Lipinski definition) is 3. The van der Waals surface area contributed by atoms with Gasteiger partial charge in [-0.2, -0.15) is 0 Å². The minimum atomic E-state index is -0.282. The molecular weight excluding hydrogens is 153 g/mol. The number of fused-ring (bicyclic) bond motifs is 1. The molecule has 58 valence electrons. The molecule has 0 aromatic carbocycles. The molecule has 0 bridgehead atoms. The molecule has 0 fully saturated rings. The lowest BCUT2D eigenvalue weighted by Crippen LogP contribution is -2.48. The number of rotatable bonds is 0. The first-order chi connectivity index (χ1) is 5.79. The smallest absolute Gasteiger partial charge is 0.271 e. The van der Waals surface area contributed by atoms with E-state index in [2.05, 4.69) is 10.3 Å². The van der Waals surface area contributed by atoms with E-state index in [-0.39, 0.29) is 5.56 Å². The van der Waals surface area contributed by atoms with Gasteiger partial charge in [-0.15, -0.1) is 5.10 Å². The van der Waals surface area contributed by atoms with E-state index in [1.807, 2.05) is 12.2 Å². The van der Waals surface area contributed by atoms with Crippen molar-refractivity contribution in [1.82, 2.24) is 14.9 Å². The van der Waals surface area contributed by atoms with Crippen LogP contribution in [0.4, 0.5) is 0 Å². The van der Waals surface area contributed by atoms with Crippen molar-refractivity contribution in [3.63, 3.8) is 0 Å². The Labute approximate surface area is 69.6 Å². The predicted molar refractivity (Wildman–Crippen MR) is 44.9 cm³/mol. The Bertz CT molecular complexity index is 476. The molecule has 4 nitrogen and oxygen atoms in total. The summed E-state index contributed by atoms with van der Waals surface area (Å²) in [5.41, 5.74) is -0.282. The zero-order valence-electron chi connectivity index (χ0n) is 6.40. The van der Waals surface area contributed by atoms with Gasteiger partial charge in [0.15, 0.2) is 0 Å². The van der Waals surface area contributed by atoms with E-state index >= 15 is 0 Å². The van der Waals surface area contributed by atoms with Crippen LogP contribution in [0, 0.1) is 0 Å². The van der Waals surface area contributed by atoms with Crippen LogP contribution in [-0.2, 0) is 0 Å². The van der Waals surface area contributed by atoms with Crippen LogP contribution >= 0.6 is 0 Å². The van der Waals surface area contributed by atoms with Crippen LogP contribution in [0.2, 0.25) is 0 Å². The second-order valence-corrected chi connectivity index (χ2v) is 2.62. The fraction of sp³-hybridized carbons (Fsp3) is 0.286. The van der Waals surface area contributed by atoms with E-state index < -0.39 is 0 Å². The Hall–Kier alpha value is -1.39. The van der Waals surface area contributed by atoms with Gasteiger partial charge in [0.1, 0.15) is 0 Å². The highest BCUT2D eigenvalue weighted by molar-refractivity contribution is 6.05. The number of nitrogens with zero attached hydrogens (tertiary/aromatic N) is 3. The van der Waals surface area contributed by atoms with Crippen molar-refractivity contribution in [2.75, 3.05) is 0 Å². The Morgan fingerprint density at radius 1 is 1.42 bits per heavy atom. The molecule has 0 spiro atoms. The van der Waals surface area contributed by atoms with Crippen LogP contribution in [0.3, 0.4) is 0 Å². The molecule has 2 radical (unpaired) electrons. The lowest BCUT2D eigenvalue weighted by molar-refractivity contribution is 0.749. The Kier molecular flexibility index (Phi) is 1.57. The molecule has 1 heterocycles. The van der Waals surface area contributed by atoms with E-state index in [4.69, 9.17) is 7.98 Å². The summed E-state index contributed by atoms with van der Waals surface area (Å²) < 4.78 is 0.758. The highest BCUT2D eigenvalue weighted by Crippen LogP contribution is 1.91. The molecule has 0 aliphatic heterocycles. The monoisotopic (exact) mass is 159 g/mol. The molecule has 5 heteroatoms. The SMILES string of the molecule is [B]n1nnc2c(c1=O)=CCCC=2. The second-order valence-electron chi connectivity index (χ2n) is 2.62. The fourth-order valence-corrected chi connectivity index (χ4v) is 1.21. The van der Waals surface area contributed by atoms with Crippen molar-refractivity contribution in [2.24, 2.45) is 0 Å². The van der Waals surface area contributed by atoms with E-state index in [1.165, 1.54) is 0 Å². The molecule has 0 saturated heterocycles. The van der Waals surface area contributed by atoms with Crippen molar-refractivity contribution in [2.45, 2.75) is 12.8 Å². The normalized spacial score (nSPS) is 14.3. The highest BCUT2D eigenvalue weighted by atomic mass is 16.1. The highest BCUT2D eigenvalue weighted by Gasteiger charge is 1.99. The molecule has 0 N–H and O–H groups in total. The summed E-state index contributed by atoms with van der Waals surface area (Å²) in [5, 5.41) is 8.47. The van der Waals surface area contributed by atoms with E-state index in [0.717, 1.165) is 17.4 Å². The standard InChI is InChI=1S/C7H6BN3O/c8-11-7(12)5-3-1-2-4-6(5)9-10-11/h3-4H,1-2H2. The lowest BCUT2D eigenvalue weighted by Gasteiger charge is -1.98. The maximum atomic E-state index is 11.3. The van der Waals surface area contributed by atoms with Gasteiger partial charge in [0, 0.05) is 0 Å². The third kappa shape index (κ3) is 0.977. The van der Waals surface area contributed by atoms with Crippen molar-refractivity contribution in [1.29, 1.82) is 0 Å². The van der Waals surface area contributed by atoms with E-state index in [9.17, 15) is 4.79 Å². The third-order valence-electron chi connectivity index (χ3n) is 1.82. The molecule has 0 saturated carbocycles. The zero-order valence-corrected chi connectivity index (χ0v) is 6.40. The fourth-order valence-electron chi connectivity index (χ4n) is 1.21. The molecule has 0 atom stereocenters. The molecule has 12 heavy (non-hydrogen) atoms. The van der Waals surface area contributed by atoms with Crippen LogP contribution < -0.4 is 16.1 Å². The van der Waals surface area contributed by atoms with Gasteiger partial charge < -0.3 is 0 Å². The topological polar surface area (TPSA) is 47.8 Å². The van der Waals surface area contributed by atoms with Gasteiger partial charge in [-0.3, -0.25) is 9.39 Å². The van der Waals surface area contributed by atoms with Crippen molar-refractivity contribution in [3.8, 4) is 0 Å². The molecule has 0 amide bonds. The molecule has 1 aromatic heterocycles. The van der Waals surface area contributed by atoms with Gasteiger partial charge in [-0.1, -0.05) is 17.4 Å². The van der Waals surface area contributed by atoms with Crippen molar-refractivity contribution >= 4 is 20.1 Å². The van der Waals surface area contributed by atoms with Crippen LogP contribution in [0.1, 0.15) is 12.8 Å². The zero-order chi connectivity index (χ0) is 8.55. The largest absolute Gasteiger partial charge is 0.273 e. The summed E-state index contributed by atoms with van der Waals surface area (Å²) >= 11 is 0. The average Bonchev–Trinajstić information content (AvgIpc) is 2.12. The molecule has 1 aliphatic carbocycles. The van der Waals surface area contributed by atoms with Crippen LogP contribution in [-0.4, -0.2) is 22.9 Å². The molecule has 1 aliphatic rings. The van der Waals surface area contributed by atoms with Crippen molar-refractivity contribution in [3.05, 3.63) is 20.9 Å². The Morgan fingerprint density at radius 3 is 3.00 bits per heavy atom. The first kappa shape index (κ1) is 7.27. The van der Waals surface area contributed by atoms with E-state index in [0.29, 0.717) is 10.6 Å². The third-order valence-corrected chi connectivity index (χ3v) is 1.82. The first-order valence-corrected chi connectivity index (χ1v) is 3.70. The maximum Gasteiger partial charge on any atom is 0.271 e. The van der Waals surface area contributed by atoms with Gasteiger partial charge in [-0.05, 0) is 12.8 Å².